The van der Waals surface area contributed by atoms with Gasteiger partial charge in [-0.25, -0.2) is 0 Å². The van der Waals surface area contributed by atoms with Crippen LogP contribution in [0.25, 0.3) is 0 Å². The summed E-state index contributed by atoms with van der Waals surface area (Å²) in [5.74, 6) is 0. The van der Waals surface area contributed by atoms with Gasteiger partial charge in [0.05, 0.1) is 0 Å². The highest BCUT2D eigenvalue weighted by Gasteiger charge is 2.07. The van der Waals surface area contributed by atoms with Crippen molar-refractivity contribution in [3.05, 3.63) is 0 Å². The molecule has 0 amide bonds. The Kier molecular flexibility index (Phi) is 7.23. The van der Waals surface area contributed by atoms with Gasteiger partial charge >= 0.3 is 0 Å². The minimum absolute atomic E-state index is 0.674. The first-order valence-corrected chi connectivity index (χ1v) is 5.07. The normalized spacial score (nSPS) is 14.1. The van der Waals surface area contributed by atoms with E-state index in [2.05, 4.69) is 43.2 Å². The standard InChI is InChI=1S/C10H25N3/c1-10(6-7-11-2)13(5)9-8-12(3)4/h10-11H,6-9H2,1-5H3. The van der Waals surface area contributed by atoms with Gasteiger partial charge in [0.1, 0.15) is 0 Å². The van der Waals surface area contributed by atoms with Gasteiger partial charge in [-0.1, -0.05) is 0 Å². The van der Waals surface area contributed by atoms with Crippen LogP contribution >= 0.6 is 0 Å². The van der Waals surface area contributed by atoms with E-state index in [1.54, 1.807) is 0 Å². The van der Waals surface area contributed by atoms with E-state index in [0.29, 0.717) is 6.04 Å². The van der Waals surface area contributed by atoms with Crippen LogP contribution in [-0.4, -0.2) is 63.7 Å². The lowest BCUT2D eigenvalue weighted by Gasteiger charge is -2.25. The van der Waals surface area contributed by atoms with Crippen LogP contribution in [0.5, 0.6) is 0 Å². The molecule has 0 bridgehead atoms. The van der Waals surface area contributed by atoms with E-state index in [-0.39, 0.29) is 0 Å². The predicted octanol–water partition coefficient (Wildman–Crippen LogP) is 0.478. The molecule has 0 radical (unpaired) electrons. The summed E-state index contributed by atoms with van der Waals surface area (Å²) >= 11 is 0. The number of likely N-dealkylation sites (N-methyl/N-ethyl adjacent to an activating group) is 2. The van der Waals surface area contributed by atoms with Crippen LogP contribution < -0.4 is 5.32 Å². The Morgan fingerprint density at radius 1 is 1.15 bits per heavy atom. The van der Waals surface area contributed by atoms with Crippen LogP contribution in [0.4, 0.5) is 0 Å². The fourth-order valence-corrected chi connectivity index (χ4v) is 1.15. The Balaban J connectivity index is 3.50. The van der Waals surface area contributed by atoms with E-state index in [1.165, 1.54) is 6.42 Å². The molecular formula is C10H25N3. The molecule has 3 nitrogen and oxygen atoms in total. The van der Waals surface area contributed by atoms with Gasteiger partial charge in [-0.15, -0.1) is 0 Å². The maximum atomic E-state index is 3.18. The van der Waals surface area contributed by atoms with Crippen molar-refractivity contribution in [3.63, 3.8) is 0 Å². The average molecular weight is 187 g/mol. The lowest BCUT2D eigenvalue weighted by Crippen LogP contribution is -2.36. The summed E-state index contributed by atoms with van der Waals surface area (Å²) in [5, 5.41) is 3.18. The molecule has 1 unspecified atom stereocenters. The molecule has 0 rings (SSSR count). The molecule has 0 aromatic rings. The molecule has 13 heavy (non-hydrogen) atoms. The molecule has 0 aliphatic carbocycles. The maximum absolute atomic E-state index is 3.18. The summed E-state index contributed by atoms with van der Waals surface area (Å²) in [7, 11) is 8.44. The predicted molar refractivity (Wildman–Crippen MR) is 59.2 cm³/mol. The molecule has 3 heteroatoms. The number of rotatable bonds is 7. The van der Waals surface area contributed by atoms with E-state index >= 15 is 0 Å². The third-order valence-corrected chi connectivity index (χ3v) is 2.46. The molecule has 0 heterocycles. The summed E-state index contributed by atoms with van der Waals surface area (Å²) in [6.45, 7) is 5.68. The minimum Gasteiger partial charge on any atom is -0.320 e. The van der Waals surface area contributed by atoms with E-state index in [1.807, 2.05) is 7.05 Å². The Labute approximate surface area is 83.1 Å². The molecule has 0 aromatic heterocycles. The Hall–Kier alpha value is -0.120. The zero-order chi connectivity index (χ0) is 10.3. The van der Waals surface area contributed by atoms with Gasteiger partial charge in [0.2, 0.25) is 0 Å². The van der Waals surface area contributed by atoms with Crippen molar-refractivity contribution < 1.29 is 0 Å². The third kappa shape index (κ3) is 6.99. The second-order valence-electron chi connectivity index (χ2n) is 4.03. The summed E-state index contributed by atoms with van der Waals surface area (Å²) < 4.78 is 0. The first-order chi connectivity index (χ1) is 6.07. The molecular weight excluding hydrogens is 162 g/mol. The molecule has 0 saturated heterocycles. The Morgan fingerprint density at radius 3 is 2.23 bits per heavy atom. The van der Waals surface area contributed by atoms with Crippen molar-refractivity contribution >= 4 is 0 Å². The van der Waals surface area contributed by atoms with Crippen molar-refractivity contribution in [2.75, 3.05) is 47.8 Å². The number of hydrogen-bond donors (Lipinski definition) is 1. The van der Waals surface area contributed by atoms with E-state index in [9.17, 15) is 0 Å². The van der Waals surface area contributed by atoms with Crippen molar-refractivity contribution in [2.45, 2.75) is 19.4 Å². The van der Waals surface area contributed by atoms with Crippen LogP contribution in [0, 0.1) is 0 Å². The maximum Gasteiger partial charge on any atom is 0.0109 e. The smallest absolute Gasteiger partial charge is 0.0109 e. The van der Waals surface area contributed by atoms with Gasteiger partial charge in [0, 0.05) is 19.1 Å². The number of hydrogen-bond acceptors (Lipinski definition) is 3. The van der Waals surface area contributed by atoms with Gasteiger partial charge < -0.3 is 15.1 Å². The summed E-state index contributed by atoms with van der Waals surface area (Å²) in [6.07, 6.45) is 1.22. The monoisotopic (exact) mass is 187 g/mol. The van der Waals surface area contributed by atoms with E-state index in [0.717, 1.165) is 19.6 Å². The van der Waals surface area contributed by atoms with Gasteiger partial charge in [-0.05, 0) is 48.1 Å². The summed E-state index contributed by atoms with van der Waals surface area (Å²) in [5.41, 5.74) is 0. The second kappa shape index (κ2) is 7.30. The van der Waals surface area contributed by atoms with Crippen LogP contribution in [0.15, 0.2) is 0 Å². The van der Waals surface area contributed by atoms with E-state index < -0.39 is 0 Å². The lowest BCUT2D eigenvalue weighted by atomic mass is 10.2. The van der Waals surface area contributed by atoms with E-state index in [4.69, 9.17) is 0 Å². The van der Waals surface area contributed by atoms with Crippen molar-refractivity contribution in [2.24, 2.45) is 0 Å². The first-order valence-electron chi connectivity index (χ1n) is 5.07. The van der Waals surface area contributed by atoms with Gasteiger partial charge in [0.15, 0.2) is 0 Å². The zero-order valence-electron chi connectivity index (χ0n) is 9.80. The fraction of sp³-hybridized carbons (Fsp3) is 1.00. The third-order valence-electron chi connectivity index (χ3n) is 2.46. The van der Waals surface area contributed by atoms with Gasteiger partial charge in [-0.2, -0.15) is 0 Å². The Morgan fingerprint density at radius 2 is 1.77 bits per heavy atom. The minimum atomic E-state index is 0.674. The fourth-order valence-electron chi connectivity index (χ4n) is 1.15. The number of nitrogens with zero attached hydrogens (tertiary/aromatic N) is 2. The van der Waals surface area contributed by atoms with Gasteiger partial charge in [0.25, 0.3) is 0 Å². The Bertz CT molecular complexity index is 115. The topological polar surface area (TPSA) is 18.5 Å². The molecule has 1 N–H and O–H groups in total. The van der Waals surface area contributed by atoms with Crippen LogP contribution in [0.3, 0.4) is 0 Å². The SMILES string of the molecule is CNCCC(C)N(C)CCN(C)C. The van der Waals surface area contributed by atoms with Gasteiger partial charge in [-0.3, -0.25) is 0 Å². The zero-order valence-corrected chi connectivity index (χ0v) is 9.80. The average Bonchev–Trinajstić information content (AvgIpc) is 2.10. The highest BCUT2D eigenvalue weighted by Crippen LogP contribution is 1.99. The van der Waals surface area contributed by atoms with Crippen molar-refractivity contribution in [3.8, 4) is 0 Å². The quantitative estimate of drug-likeness (QED) is 0.625. The number of nitrogens with one attached hydrogen (secondary N) is 1. The van der Waals surface area contributed by atoms with Crippen LogP contribution in [0.1, 0.15) is 13.3 Å². The molecule has 0 spiro atoms. The lowest BCUT2D eigenvalue weighted by molar-refractivity contribution is 0.220. The summed E-state index contributed by atoms with van der Waals surface area (Å²) in [4.78, 5) is 4.64. The molecule has 1 atom stereocenters. The van der Waals surface area contributed by atoms with Crippen LogP contribution in [0.2, 0.25) is 0 Å². The van der Waals surface area contributed by atoms with Crippen molar-refractivity contribution in [1.82, 2.24) is 15.1 Å². The molecule has 0 fully saturated rings. The second-order valence-corrected chi connectivity index (χ2v) is 4.03. The molecule has 0 aliphatic rings. The molecule has 0 saturated carbocycles. The first kappa shape index (κ1) is 12.9. The molecule has 80 valence electrons. The highest BCUT2D eigenvalue weighted by molar-refractivity contribution is 4.64. The summed E-state index contributed by atoms with van der Waals surface area (Å²) in [6, 6.07) is 0.674. The van der Waals surface area contributed by atoms with Crippen molar-refractivity contribution in [1.29, 1.82) is 0 Å². The molecule has 0 aromatic carbocycles. The largest absolute Gasteiger partial charge is 0.320 e. The molecule has 0 aliphatic heterocycles. The highest BCUT2D eigenvalue weighted by atomic mass is 15.2. The van der Waals surface area contributed by atoms with Crippen LogP contribution in [-0.2, 0) is 0 Å².